The molecule has 0 aliphatic rings. The zero-order valence-corrected chi connectivity index (χ0v) is 11.6. The van der Waals surface area contributed by atoms with Gasteiger partial charge in [0.15, 0.2) is 0 Å². The van der Waals surface area contributed by atoms with Gasteiger partial charge in [-0.15, -0.1) is 0 Å². The number of hydrogen-bond acceptors (Lipinski definition) is 1. The second-order valence-corrected chi connectivity index (χ2v) is 5.55. The van der Waals surface area contributed by atoms with Crippen molar-refractivity contribution in [1.29, 1.82) is 0 Å². The van der Waals surface area contributed by atoms with Crippen molar-refractivity contribution < 1.29 is 5.11 Å². The number of benzene rings is 1. The van der Waals surface area contributed by atoms with Gasteiger partial charge in [-0.05, 0) is 35.8 Å². The Morgan fingerprint density at radius 2 is 1.65 bits per heavy atom. The Morgan fingerprint density at radius 1 is 1.06 bits per heavy atom. The minimum atomic E-state index is -0.317. The molecule has 1 aromatic rings. The molecule has 0 radical (unpaired) electrons. The first kappa shape index (κ1) is 14.2. The highest BCUT2D eigenvalue weighted by molar-refractivity contribution is 5.24. The maximum absolute atomic E-state index is 10.2. The Hall–Kier alpha value is -0.820. The van der Waals surface area contributed by atoms with Crippen molar-refractivity contribution in [1.82, 2.24) is 0 Å². The molecule has 1 nitrogen and oxygen atoms in total. The van der Waals surface area contributed by atoms with Crippen molar-refractivity contribution in [2.75, 3.05) is 0 Å². The lowest BCUT2D eigenvalue weighted by Gasteiger charge is -2.19. The summed E-state index contributed by atoms with van der Waals surface area (Å²) in [7, 11) is 0. The number of rotatable bonds is 6. The predicted octanol–water partition coefficient (Wildman–Crippen LogP) is 4.35. The van der Waals surface area contributed by atoms with E-state index in [1.807, 2.05) is 0 Å². The van der Waals surface area contributed by atoms with Crippen LogP contribution in [0.5, 0.6) is 0 Å². The van der Waals surface area contributed by atoms with Gasteiger partial charge in [-0.3, -0.25) is 0 Å². The summed E-state index contributed by atoms with van der Waals surface area (Å²) in [5.41, 5.74) is 2.41. The van der Waals surface area contributed by atoms with Crippen molar-refractivity contribution in [3.05, 3.63) is 35.4 Å². The van der Waals surface area contributed by atoms with Crippen LogP contribution in [-0.4, -0.2) is 5.11 Å². The first-order chi connectivity index (χ1) is 8.04. The summed E-state index contributed by atoms with van der Waals surface area (Å²) in [4.78, 5) is 0. The SMILES string of the molecule is CCCC(C)C(O)c1ccc(CC(C)C)cc1. The number of aliphatic hydroxyl groups is 1. The van der Waals surface area contributed by atoms with Crippen molar-refractivity contribution >= 4 is 0 Å². The Balaban J connectivity index is 2.66. The minimum Gasteiger partial charge on any atom is -0.388 e. The lowest BCUT2D eigenvalue weighted by molar-refractivity contribution is 0.112. The third-order valence-electron chi connectivity index (χ3n) is 3.25. The lowest BCUT2D eigenvalue weighted by Crippen LogP contribution is -2.09. The minimum absolute atomic E-state index is 0.317. The molecule has 0 aliphatic heterocycles. The predicted molar refractivity (Wildman–Crippen MR) is 74.0 cm³/mol. The summed E-state index contributed by atoms with van der Waals surface area (Å²) < 4.78 is 0. The summed E-state index contributed by atoms with van der Waals surface area (Å²) >= 11 is 0. The van der Waals surface area contributed by atoms with E-state index in [2.05, 4.69) is 52.0 Å². The molecule has 0 aliphatic carbocycles. The summed E-state index contributed by atoms with van der Waals surface area (Å²) in [5, 5.41) is 10.2. The first-order valence-electron chi connectivity index (χ1n) is 6.81. The van der Waals surface area contributed by atoms with E-state index < -0.39 is 0 Å². The molecule has 1 N–H and O–H groups in total. The summed E-state index contributed by atoms with van der Waals surface area (Å²) in [6.07, 6.45) is 3.00. The van der Waals surface area contributed by atoms with Gasteiger partial charge in [-0.25, -0.2) is 0 Å². The maximum Gasteiger partial charge on any atom is 0.0815 e. The molecule has 17 heavy (non-hydrogen) atoms. The van der Waals surface area contributed by atoms with Crippen LogP contribution in [0.2, 0.25) is 0 Å². The average molecular weight is 234 g/mol. The van der Waals surface area contributed by atoms with Gasteiger partial charge in [0.1, 0.15) is 0 Å². The van der Waals surface area contributed by atoms with Crippen LogP contribution >= 0.6 is 0 Å². The third-order valence-corrected chi connectivity index (χ3v) is 3.25. The fourth-order valence-corrected chi connectivity index (χ4v) is 2.26. The van der Waals surface area contributed by atoms with E-state index in [9.17, 15) is 5.11 Å². The number of aliphatic hydroxyl groups excluding tert-OH is 1. The van der Waals surface area contributed by atoms with Gasteiger partial charge in [0.05, 0.1) is 6.10 Å². The maximum atomic E-state index is 10.2. The molecule has 0 amide bonds. The van der Waals surface area contributed by atoms with E-state index >= 15 is 0 Å². The highest BCUT2D eigenvalue weighted by Crippen LogP contribution is 2.25. The van der Waals surface area contributed by atoms with Gasteiger partial charge in [0.25, 0.3) is 0 Å². The van der Waals surface area contributed by atoms with Gasteiger partial charge in [-0.2, -0.15) is 0 Å². The Labute approximate surface area is 106 Å². The average Bonchev–Trinajstić information content (AvgIpc) is 2.28. The zero-order valence-electron chi connectivity index (χ0n) is 11.6. The Kier molecular flexibility index (Phi) is 5.70. The molecule has 0 spiro atoms. The molecule has 96 valence electrons. The van der Waals surface area contributed by atoms with Crippen molar-refractivity contribution in [3.63, 3.8) is 0 Å². The van der Waals surface area contributed by atoms with Crippen LogP contribution in [0.1, 0.15) is 57.8 Å². The lowest BCUT2D eigenvalue weighted by atomic mass is 9.92. The summed E-state index contributed by atoms with van der Waals surface area (Å²) in [6, 6.07) is 8.46. The van der Waals surface area contributed by atoms with Crippen molar-refractivity contribution in [2.24, 2.45) is 11.8 Å². The number of hydrogen-bond donors (Lipinski definition) is 1. The van der Waals surface area contributed by atoms with Crippen LogP contribution in [0.4, 0.5) is 0 Å². The molecule has 0 bridgehead atoms. The Morgan fingerprint density at radius 3 is 2.12 bits per heavy atom. The fraction of sp³-hybridized carbons (Fsp3) is 0.625. The van der Waals surface area contributed by atoms with Crippen molar-refractivity contribution in [2.45, 2.75) is 53.1 Å². The van der Waals surface area contributed by atoms with Crippen molar-refractivity contribution in [3.8, 4) is 0 Å². The highest BCUT2D eigenvalue weighted by Gasteiger charge is 2.15. The molecule has 2 unspecified atom stereocenters. The van der Waals surface area contributed by atoms with E-state index in [0.717, 1.165) is 24.8 Å². The molecule has 0 fully saturated rings. The smallest absolute Gasteiger partial charge is 0.0815 e. The first-order valence-corrected chi connectivity index (χ1v) is 6.81. The van der Waals surface area contributed by atoms with E-state index in [4.69, 9.17) is 0 Å². The Bertz CT molecular complexity index is 313. The molecule has 1 aromatic carbocycles. The second-order valence-electron chi connectivity index (χ2n) is 5.55. The molecule has 1 rings (SSSR count). The quantitative estimate of drug-likeness (QED) is 0.775. The van der Waals surface area contributed by atoms with Crippen LogP contribution in [0, 0.1) is 11.8 Å². The van der Waals surface area contributed by atoms with Gasteiger partial charge >= 0.3 is 0 Å². The van der Waals surface area contributed by atoms with E-state index in [-0.39, 0.29) is 6.10 Å². The summed E-state index contributed by atoms with van der Waals surface area (Å²) in [6.45, 7) is 8.74. The normalized spacial score (nSPS) is 14.9. The van der Waals surface area contributed by atoms with E-state index in [0.29, 0.717) is 11.8 Å². The van der Waals surface area contributed by atoms with E-state index in [1.165, 1.54) is 5.56 Å². The molecular formula is C16H26O. The van der Waals surface area contributed by atoms with Gasteiger partial charge in [-0.1, -0.05) is 58.4 Å². The fourth-order valence-electron chi connectivity index (χ4n) is 2.26. The van der Waals surface area contributed by atoms with Gasteiger partial charge in [0.2, 0.25) is 0 Å². The van der Waals surface area contributed by atoms with Crippen LogP contribution in [0.15, 0.2) is 24.3 Å². The summed E-state index contributed by atoms with van der Waals surface area (Å²) in [5.74, 6) is 1.03. The molecule has 0 saturated heterocycles. The van der Waals surface area contributed by atoms with Crippen LogP contribution in [0.25, 0.3) is 0 Å². The highest BCUT2D eigenvalue weighted by atomic mass is 16.3. The topological polar surface area (TPSA) is 20.2 Å². The largest absolute Gasteiger partial charge is 0.388 e. The van der Waals surface area contributed by atoms with Crippen LogP contribution in [0.3, 0.4) is 0 Å². The molecule has 2 atom stereocenters. The zero-order chi connectivity index (χ0) is 12.8. The third kappa shape index (κ3) is 4.51. The van der Waals surface area contributed by atoms with Gasteiger partial charge < -0.3 is 5.11 Å². The van der Waals surface area contributed by atoms with E-state index in [1.54, 1.807) is 0 Å². The molecule has 0 heterocycles. The standard InChI is InChI=1S/C16H26O/c1-5-6-13(4)16(17)15-9-7-14(8-10-15)11-12(2)3/h7-10,12-13,16-17H,5-6,11H2,1-4H3. The van der Waals surface area contributed by atoms with Gasteiger partial charge in [0, 0.05) is 0 Å². The molecule has 0 aromatic heterocycles. The van der Waals surface area contributed by atoms with Crippen LogP contribution < -0.4 is 0 Å². The van der Waals surface area contributed by atoms with Crippen LogP contribution in [-0.2, 0) is 6.42 Å². The molecule has 0 saturated carbocycles. The monoisotopic (exact) mass is 234 g/mol. The molecular weight excluding hydrogens is 208 g/mol. The second kappa shape index (κ2) is 6.80. The molecule has 1 heteroatoms.